The normalized spacial score (nSPS) is 20.6. The fourth-order valence-electron chi connectivity index (χ4n) is 4.05. The number of benzene rings is 1. The zero-order chi connectivity index (χ0) is 18.6. The van der Waals surface area contributed by atoms with E-state index in [9.17, 15) is 4.39 Å². The molecule has 0 bridgehead atoms. The van der Waals surface area contributed by atoms with E-state index in [1.165, 1.54) is 12.1 Å². The molecule has 6 nitrogen and oxygen atoms in total. The zero-order valence-electron chi connectivity index (χ0n) is 15.7. The Morgan fingerprint density at radius 1 is 1.07 bits per heavy atom. The van der Waals surface area contributed by atoms with Crippen molar-refractivity contribution in [1.29, 1.82) is 0 Å². The summed E-state index contributed by atoms with van der Waals surface area (Å²) in [6, 6.07) is 6.91. The summed E-state index contributed by atoms with van der Waals surface area (Å²) in [4.78, 5) is 9.42. The summed E-state index contributed by atoms with van der Waals surface area (Å²) < 4.78 is 18.6. The second-order valence-electron chi connectivity index (χ2n) is 7.36. The van der Waals surface area contributed by atoms with Gasteiger partial charge in [0.2, 0.25) is 5.95 Å². The molecule has 4 rings (SSSR count). The number of halogens is 1. The fraction of sp³-hybridized carbons (Fsp3) is 0.550. The molecule has 2 aromatic rings. The van der Waals surface area contributed by atoms with Crippen molar-refractivity contribution in [3.63, 3.8) is 0 Å². The summed E-state index contributed by atoms with van der Waals surface area (Å²) in [6.45, 7) is 7.99. The molecule has 0 spiro atoms. The van der Waals surface area contributed by atoms with Gasteiger partial charge in [-0.25, -0.2) is 9.37 Å². The lowest BCUT2D eigenvalue weighted by atomic mass is 9.89. The van der Waals surface area contributed by atoms with E-state index >= 15 is 0 Å². The minimum atomic E-state index is -0.252. The Morgan fingerprint density at radius 2 is 1.78 bits per heavy atom. The van der Waals surface area contributed by atoms with E-state index in [1.54, 1.807) is 18.3 Å². The Morgan fingerprint density at radius 3 is 2.48 bits per heavy atom. The Labute approximate surface area is 159 Å². The minimum Gasteiger partial charge on any atom is -0.379 e. The van der Waals surface area contributed by atoms with Crippen molar-refractivity contribution in [2.45, 2.75) is 25.8 Å². The molecule has 1 unspecified atom stereocenters. The monoisotopic (exact) mass is 371 g/mol. The van der Waals surface area contributed by atoms with Crippen molar-refractivity contribution >= 4 is 5.95 Å². The van der Waals surface area contributed by atoms with Crippen LogP contribution in [0.4, 0.5) is 10.3 Å². The molecule has 0 N–H and O–H groups in total. The number of piperidine rings is 1. The topological polar surface area (TPSA) is 54.4 Å². The maximum absolute atomic E-state index is 13.1. The number of aromatic nitrogens is 3. The van der Waals surface area contributed by atoms with Gasteiger partial charge < -0.3 is 9.64 Å². The summed E-state index contributed by atoms with van der Waals surface area (Å²) in [5.41, 5.74) is 1.58. The molecule has 1 aromatic heterocycles. The molecule has 2 saturated heterocycles. The number of hydrogen-bond donors (Lipinski definition) is 0. The Bertz CT molecular complexity index is 742. The molecule has 2 aliphatic rings. The number of rotatable bonds is 4. The van der Waals surface area contributed by atoms with Crippen LogP contribution in [-0.4, -0.2) is 65.5 Å². The van der Waals surface area contributed by atoms with Gasteiger partial charge in [0.05, 0.1) is 25.1 Å². The van der Waals surface area contributed by atoms with E-state index in [4.69, 9.17) is 4.74 Å². The number of anilines is 1. The second kappa shape index (κ2) is 8.27. The third-order valence-electron chi connectivity index (χ3n) is 5.81. The molecule has 2 aliphatic heterocycles. The Hall–Kier alpha value is -2.12. The molecular formula is C20H26FN5O. The molecule has 7 heteroatoms. The predicted molar refractivity (Wildman–Crippen MR) is 102 cm³/mol. The first-order valence-electron chi connectivity index (χ1n) is 9.73. The smallest absolute Gasteiger partial charge is 0.245 e. The molecule has 144 valence electrons. The predicted octanol–water partition coefficient (Wildman–Crippen LogP) is 2.61. The van der Waals surface area contributed by atoms with E-state index in [1.807, 2.05) is 0 Å². The van der Waals surface area contributed by atoms with Gasteiger partial charge in [0, 0.05) is 37.8 Å². The van der Waals surface area contributed by atoms with Gasteiger partial charge in [-0.1, -0.05) is 0 Å². The van der Waals surface area contributed by atoms with Crippen LogP contribution in [-0.2, 0) is 4.74 Å². The van der Waals surface area contributed by atoms with Crippen molar-refractivity contribution in [2.24, 2.45) is 5.92 Å². The quantitative estimate of drug-likeness (QED) is 0.824. The molecule has 0 aliphatic carbocycles. The summed E-state index contributed by atoms with van der Waals surface area (Å²) >= 11 is 0. The lowest BCUT2D eigenvalue weighted by molar-refractivity contribution is 0.00446. The number of ether oxygens (including phenoxy) is 1. The first kappa shape index (κ1) is 18.3. The summed E-state index contributed by atoms with van der Waals surface area (Å²) in [6.07, 6.45) is 3.88. The molecule has 1 aromatic carbocycles. The Balaban J connectivity index is 1.39. The van der Waals surface area contributed by atoms with Gasteiger partial charge in [-0.2, -0.15) is 5.10 Å². The number of morpholine rings is 1. The second-order valence-corrected chi connectivity index (χ2v) is 7.36. The highest BCUT2D eigenvalue weighted by molar-refractivity contribution is 5.59. The van der Waals surface area contributed by atoms with Crippen molar-refractivity contribution in [1.82, 2.24) is 20.1 Å². The SMILES string of the molecule is CC(C1CCN(c2nncc(-c3ccc(F)cc3)n2)CC1)N1CCOCC1. The summed E-state index contributed by atoms with van der Waals surface area (Å²) in [7, 11) is 0. The standard InChI is InChI=1S/C20H26FN5O/c1-15(25-10-12-27-13-11-25)16-6-8-26(9-7-16)20-23-19(14-22-24-20)17-2-4-18(21)5-3-17/h2-5,14-16H,6-13H2,1H3. The van der Waals surface area contributed by atoms with E-state index in [2.05, 4.69) is 31.9 Å². The number of nitrogens with zero attached hydrogens (tertiary/aromatic N) is 5. The highest BCUT2D eigenvalue weighted by Crippen LogP contribution is 2.27. The van der Waals surface area contributed by atoms with Gasteiger partial charge in [-0.3, -0.25) is 4.90 Å². The van der Waals surface area contributed by atoms with Crippen LogP contribution in [0.1, 0.15) is 19.8 Å². The van der Waals surface area contributed by atoms with Crippen LogP contribution in [0.2, 0.25) is 0 Å². The average Bonchev–Trinajstić information content (AvgIpc) is 2.75. The highest BCUT2D eigenvalue weighted by atomic mass is 19.1. The van der Waals surface area contributed by atoms with Gasteiger partial charge in [0.1, 0.15) is 5.82 Å². The average molecular weight is 371 g/mol. The molecule has 3 heterocycles. The third-order valence-corrected chi connectivity index (χ3v) is 5.81. The van der Waals surface area contributed by atoms with Crippen LogP contribution < -0.4 is 4.90 Å². The van der Waals surface area contributed by atoms with Crippen molar-refractivity contribution < 1.29 is 9.13 Å². The van der Waals surface area contributed by atoms with Gasteiger partial charge in [-0.15, -0.1) is 5.10 Å². The van der Waals surface area contributed by atoms with Crippen molar-refractivity contribution in [3.8, 4) is 11.3 Å². The van der Waals surface area contributed by atoms with E-state index in [0.717, 1.165) is 63.5 Å². The molecule has 1 atom stereocenters. The van der Waals surface area contributed by atoms with E-state index in [-0.39, 0.29) is 5.82 Å². The van der Waals surface area contributed by atoms with Gasteiger partial charge in [-0.05, 0) is 49.9 Å². The molecule has 0 saturated carbocycles. The zero-order valence-corrected chi connectivity index (χ0v) is 15.7. The first-order valence-corrected chi connectivity index (χ1v) is 9.73. The summed E-state index contributed by atoms with van der Waals surface area (Å²) in [5.74, 6) is 1.10. The fourth-order valence-corrected chi connectivity index (χ4v) is 4.05. The van der Waals surface area contributed by atoms with Gasteiger partial charge >= 0.3 is 0 Å². The molecular weight excluding hydrogens is 345 g/mol. The molecule has 27 heavy (non-hydrogen) atoms. The molecule has 0 radical (unpaired) electrons. The molecule has 0 amide bonds. The van der Waals surface area contributed by atoms with Crippen LogP contribution in [0.25, 0.3) is 11.3 Å². The maximum Gasteiger partial charge on any atom is 0.245 e. The van der Waals surface area contributed by atoms with Crippen LogP contribution in [0.3, 0.4) is 0 Å². The van der Waals surface area contributed by atoms with Crippen molar-refractivity contribution in [3.05, 3.63) is 36.3 Å². The largest absolute Gasteiger partial charge is 0.379 e. The first-order chi connectivity index (χ1) is 13.2. The van der Waals surface area contributed by atoms with Crippen LogP contribution in [0.15, 0.2) is 30.5 Å². The lowest BCUT2D eigenvalue weighted by Crippen LogP contribution is -2.48. The van der Waals surface area contributed by atoms with Crippen LogP contribution in [0.5, 0.6) is 0 Å². The maximum atomic E-state index is 13.1. The number of hydrogen-bond acceptors (Lipinski definition) is 6. The van der Waals surface area contributed by atoms with Crippen molar-refractivity contribution in [2.75, 3.05) is 44.3 Å². The van der Waals surface area contributed by atoms with E-state index < -0.39 is 0 Å². The van der Waals surface area contributed by atoms with Gasteiger partial charge in [0.25, 0.3) is 0 Å². The lowest BCUT2D eigenvalue weighted by Gasteiger charge is -2.40. The highest BCUT2D eigenvalue weighted by Gasteiger charge is 2.29. The summed E-state index contributed by atoms with van der Waals surface area (Å²) in [5, 5.41) is 8.35. The molecule has 2 fully saturated rings. The Kier molecular flexibility index (Phi) is 5.59. The van der Waals surface area contributed by atoms with E-state index in [0.29, 0.717) is 17.9 Å². The van der Waals surface area contributed by atoms with Crippen LogP contribution >= 0.6 is 0 Å². The minimum absolute atomic E-state index is 0.252. The third kappa shape index (κ3) is 4.25. The van der Waals surface area contributed by atoms with Crippen LogP contribution in [0, 0.1) is 11.7 Å². The van der Waals surface area contributed by atoms with Gasteiger partial charge in [0.15, 0.2) is 0 Å².